The standard InChI is InChI=1S/C17H24N2O2/c1-4-10-17(13-18,11-5-2)19-16(20)12-14-8-6-7-9-15(14)21-3/h6-9H,4-5,10-12H2,1-3H3,(H,19,20). The van der Waals surface area contributed by atoms with Gasteiger partial charge in [0.05, 0.1) is 19.6 Å². The number of benzene rings is 1. The van der Waals surface area contributed by atoms with Crippen LogP contribution in [-0.2, 0) is 11.2 Å². The lowest BCUT2D eigenvalue weighted by atomic mass is 9.90. The Balaban J connectivity index is 2.81. The van der Waals surface area contributed by atoms with Crippen LogP contribution < -0.4 is 10.1 Å². The Bertz CT molecular complexity index is 500. The maximum absolute atomic E-state index is 12.3. The highest BCUT2D eigenvalue weighted by Crippen LogP contribution is 2.21. The first-order valence-corrected chi connectivity index (χ1v) is 7.45. The van der Waals surface area contributed by atoms with Crippen LogP contribution >= 0.6 is 0 Å². The summed E-state index contributed by atoms with van der Waals surface area (Å²) < 4.78 is 5.25. The highest BCUT2D eigenvalue weighted by Gasteiger charge is 2.30. The lowest BCUT2D eigenvalue weighted by molar-refractivity contribution is -0.122. The summed E-state index contributed by atoms with van der Waals surface area (Å²) >= 11 is 0. The molecule has 1 rings (SSSR count). The maximum Gasteiger partial charge on any atom is 0.225 e. The number of rotatable bonds is 8. The first-order valence-electron chi connectivity index (χ1n) is 7.45. The molecule has 1 amide bonds. The third kappa shape index (κ3) is 4.78. The van der Waals surface area contributed by atoms with Crippen LogP contribution in [0.5, 0.6) is 5.75 Å². The van der Waals surface area contributed by atoms with Gasteiger partial charge in [0.2, 0.25) is 5.91 Å². The van der Waals surface area contributed by atoms with Gasteiger partial charge in [-0.15, -0.1) is 0 Å². The van der Waals surface area contributed by atoms with Crippen molar-refractivity contribution in [2.75, 3.05) is 7.11 Å². The molecule has 0 aliphatic carbocycles. The van der Waals surface area contributed by atoms with Gasteiger partial charge >= 0.3 is 0 Å². The van der Waals surface area contributed by atoms with Crippen molar-refractivity contribution < 1.29 is 9.53 Å². The number of nitrogens with zero attached hydrogens (tertiary/aromatic N) is 1. The Morgan fingerprint density at radius 2 is 1.90 bits per heavy atom. The van der Waals surface area contributed by atoms with Gasteiger partial charge in [-0.1, -0.05) is 44.9 Å². The van der Waals surface area contributed by atoms with E-state index in [1.54, 1.807) is 7.11 Å². The summed E-state index contributed by atoms with van der Waals surface area (Å²) in [6.07, 6.45) is 3.30. The van der Waals surface area contributed by atoms with Gasteiger partial charge in [0.25, 0.3) is 0 Å². The highest BCUT2D eigenvalue weighted by molar-refractivity contribution is 5.80. The van der Waals surface area contributed by atoms with E-state index >= 15 is 0 Å². The summed E-state index contributed by atoms with van der Waals surface area (Å²) in [7, 11) is 1.59. The number of amides is 1. The average Bonchev–Trinajstić information content (AvgIpc) is 2.48. The van der Waals surface area contributed by atoms with Crippen LogP contribution in [0.3, 0.4) is 0 Å². The molecule has 0 fully saturated rings. The summed E-state index contributed by atoms with van der Waals surface area (Å²) in [5.74, 6) is 0.559. The Hall–Kier alpha value is -2.02. The van der Waals surface area contributed by atoms with Gasteiger partial charge in [0, 0.05) is 5.56 Å². The lowest BCUT2D eigenvalue weighted by Crippen LogP contribution is -2.47. The molecule has 0 radical (unpaired) electrons. The van der Waals surface area contributed by atoms with E-state index in [4.69, 9.17) is 4.74 Å². The van der Waals surface area contributed by atoms with E-state index in [1.165, 1.54) is 0 Å². The summed E-state index contributed by atoms with van der Waals surface area (Å²) in [4.78, 5) is 12.3. The fraction of sp³-hybridized carbons (Fsp3) is 0.529. The number of methoxy groups -OCH3 is 1. The summed E-state index contributed by atoms with van der Waals surface area (Å²) in [6.45, 7) is 4.04. The van der Waals surface area contributed by atoms with Crippen LogP contribution in [-0.4, -0.2) is 18.6 Å². The highest BCUT2D eigenvalue weighted by atomic mass is 16.5. The zero-order valence-electron chi connectivity index (χ0n) is 13.1. The molecule has 4 nitrogen and oxygen atoms in total. The zero-order valence-corrected chi connectivity index (χ0v) is 13.1. The van der Waals surface area contributed by atoms with Gasteiger partial charge in [-0.2, -0.15) is 5.26 Å². The van der Waals surface area contributed by atoms with E-state index in [-0.39, 0.29) is 12.3 Å². The second kappa shape index (κ2) is 8.31. The third-order valence-corrected chi connectivity index (χ3v) is 3.49. The van der Waals surface area contributed by atoms with Crippen molar-refractivity contribution in [2.24, 2.45) is 0 Å². The van der Waals surface area contributed by atoms with Gasteiger partial charge in [0.1, 0.15) is 11.3 Å². The minimum absolute atomic E-state index is 0.136. The maximum atomic E-state index is 12.3. The molecule has 0 aliphatic heterocycles. The molecule has 0 saturated heterocycles. The molecule has 0 unspecified atom stereocenters. The van der Waals surface area contributed by atoms with Crippen molar-refractivity contribution >= 4 is 5.91 Å². The number of ether oxygens (including phenoxy) is 1. The smallest absolute Gasteiger partial charge is 0.225 e. The number of nitriles is 1. The molecule has 0 saturated carbocycles. The molecule has 1 aromatic carbocycles. The molecule has 114 valence electrons. The van der Waals surface area contributed by atoms with Crippen LogP contribution in [0.1, 0.15) is 45.1 Å². The van der Waals surface area contributed by atoms with Crippen LogP contribution in [0.15, 0.2) is 24.3 Å². The predicted molar refractivity (Wildman–Crippen MR) is 83.0 cm³/mol. The molecule has 21 heavy (non-hydrogen) atoms. The summed E-state index contributed by atoms with van der Waals surface area (Å²) in [5, 5.41) is 12.4. The van der Waals surface area contributed by atoms with Crippen molar-refractivity contribution in [3.05, 3.63) is 29.8 Å². The van der Waals surface area contributed by atoms with E-state index in [1.807, 2.05) is 38.1 Å². The molecule has 0 atom stereocenters. The fourth-order valence-corrected chi connectivity index (χ4v) is 2.58. The van der Waals surface area contributed by atoms with E-state index < -0.39 is 5.54 Å². The molecule has 0 aliphatic rings. The third-order valence-electron chi connectivity index (χ3n) is 3.49. The Labute approximate surface area is 127 Å². The summed E-state index contributed by atoms with van der Waals surface area (Å²) in [5.41, 5.74) is 0.0834. The molecule has 4 heteroatoms. The molecule has 0 heterocycles. The van der Waals surface area contributed by atoms with Crippen molar-refractivity contribution in [2.45, 2.75) is 51.5 Å². The molecule has 0 aromatic heterocycles. The number of carbonyl (C=O) groups excluding carboxylic acids is 1. The van der Waals surface area contributed by atoms with E-state index in [0.717, 1.165) is 18.4 Å². The average molecular weight is 288 g/mol. The number of hydrogen-bond acceptors (Lipinski definition) is 3. The van der Waals surface area contributed by atoms with Gasteiger partial charge in [-0.3, -0.25) is 4.79 Å². The van der Waals surface area contributed by atoms with Crippen LogP contribution in [0.4, 0.5) is 0 Å². The van der Waals surface area contributed by atoms with Gasteiger partial charge in [-0.25, -0.2) is 0 Å². The number of nitrogens with one attached hydrogen (secondary N) is 1. The predicted octanol–water partition coefficient (Wildman–Crippen LogP) is 3.22. The van der Waals surface area contributed by atoms with E-state index in [9.17, 15) is 10.1 Å². The van der Waals surface area contributed by atoms with Gasteiger partial charge in [0.15, 0.2) is 0 Å². The van der Waals surface area contributed by atoms with E-state index in [0.29, 0.717) is 18.6 Å². The largest absolute Gasteiger partial charge is 0.496 e. The van der Waals surface area contributed by atoms with Crippen molar-refractivity contribution in [3.63, 3.8) is 0 Å². The Morgan fingerprint density at radius 3 is 2.43 bits per heavy atom. The number of hydrogen-bond donors (Lipinski definition) is 1. The summed E-state index contributed by atoms with van der Waals surface area (Å²) in [6, 6.07) is 9.74. The lowest BCUT2D eigenvalue weighted by Gasteiger charge is -2.27. The monoisotopic (exact) mass is 288 g/mol. The first kappa shape index (κ1) is 17.0. The van der Waals surface area contributed by atoms with Crippen LogP contribution in [0.2, 0.25) is 0 Å². The van der Waals surface area contributed by atoms with Crippen molar-refractivity contribution in [1.29, 1.82) is 5.26 Å². The minimum Gasteiger partial charge on any atom is -0.496 e. The number of carbonyl (C=O) groups is 1. The van der Waals surface area contributed by atoms with Crippen molar-refractivity contribution in [1.82, 2.24) is 5.32 Å². The van der Waals surface area contributed by atoms with Crippen LogP contribution in [0, 0.1) is 11.3 Å². The molecular formula is C17H24N2O2. The second-order valence-electron chi connectivity index (χ2n) is 5.23. The Kier molecular flexibility index (Phi) is 6.74. The van der Waals surface area contributed by atoms with E-state index in [2.05, 4.69) is 11.4 Å². The molecular weight excluding hydrogens is 264 g/mol. The SMILES string of the molecule is CCCC(C#N)(CCC)NC(=O)Cc1ccccc1OC. The minimum atomic E-state index is -0.747. The van der Waals surface area contributed by atoms with Gasteiger partial charge < -0.3 is 10.1 Å². The normalized spacial score (nSPS) is 10.8. The van der Waals surface area contributed by atoms with Gasteiger partial charge in [-0.05, 0) is 18.9 Å². The molecule has 1 N–H and O–H groups in total. The topological polar surface area (TPSA) is 62.1 Å². The van der Waals surface area contributed by atoms with Crippen molar-refractivity contribution in [3.8, 4) is 11.8 Å². The number of para-hydroxylation sites is 1. The molecule has 0 bridgehead atoms. The zero-order chi connectivity index (χ0) is 15.7. The molecule has 1 aromatic rings. The quantitative estimate of drug-likeness (QED) is 0.799. The Morgan fingerprint density at radius 1 is 1.29 bits per heavy atom. The molecule has 0 spiro atoms. The first-order chi connectivity index (χ1) is 10.1. The van der Waals surface area contributed by atoms with Crippen LogP contribution in [0.25, 0.3) is 0 Å². The second-order valence-corrected chi connectivity index (χ2v) is 5.23. The fourth-order valence-electron chi connectivity index (χ4n) is 2.58.